The van der Waals surface area contributed by atoms with E-state index in [4.69, 9.17) is 21.1 Å². The molecule has 0 saturated heterocycles. The number of nitrogens with zero attached hydrogens (tertiary/aromatic N) is 1. The van der Waals surface area contributed by atoms with Gasteiger partial charge in [0, 0.05) is 25.8 Å². The van der Waals surface area contributed by atoms with Gasteiger partial charge in [0.25, 0.3) is 11.6 Å². The molecule has 0 aliphatic carbocycles. The van der Waals surface area contributed by atoms with Crippen molar-refractivity contribution in [2.24, 2.45) is 0 Å². The van der Waals surface area contributed by atoms with Crippen LogP contribution in [0.3, 0.4) is 0 Å². The fourth-order valence-corrected chi connectivity index (χ4v) is 1.84. The Morgan fingerprint density at radius 1 is 1.40 bits per heavy atom. The lowest BCUT2D eigenvalue weighted by Crippen LogP contribution is -2.42. The number of nitro groups is 1. The zero-order valence-corrected chi connectivity index (χ0v) is 12.0. The highest BCUT2D eigenvalue weighted by Crippen LogP contribution is 2.25. The molecule has 1 atom stereocenters. The van der Waals surface area contributed by atoms with Crippen LogP contribution >= 0.6 is 11.6 Å². The molecule has 20 heavy (non-hydrogen) atoms. The lowest BCUT2D eigenvalue weighted by molar-refractivity contribution is -0.384. The van der Waals surface area contributed by atoms with E-state index in [1.54, 1.807) is 6.92 Å². The van der Waals surface area contributed by atoms with E-state index in [9.17, 15) is 14.9 Å². The zero-order valence-electron chi connectivity index (χ0n) is 11.3. The van der Waals surface area contributed by atoms with Crippen LogP contribution in [0, 0.1) is 10.1 Å². The molecule has 8 heteroatoms. The Kier molecular flexibility index (Phi) is 5.87. The maximum absolute atomic E-state index is 12.0. The molecular formula is C12H15ClN2O5. The molecule has 0 aromatic heterocycles. The molecule has 0 saturated carbocycles. The molecule has 1 aromatic carbocycles. The normalized spacial score (nSPS) is 12.2. The van der Waals surface area contributed by atoms with E-state index in [0.29, 0.717) is 0 Å². The molecule has 110 valence electrons. The lowest BCUT2D eigenvalue weighted by atomic mass is 10.1. The third-order valence-electron chi connectivity index (χ3n) is 2.64. The molecule has 0 fully saturated rings. The first-order valence-electron chi connectivity index (χ1n) is 5.71. The number of hydrogen-bond donors (Lipinski definition) is 1. The van der Waals surface area contributed by atoms with Gasteiger partial charge in [0.05, 0.1) is 11.0 Å². The molecule has 1 rings (SSSR count). The van der Waals surface area contributed by atoms with Crippen LogP contribution in [0.5, 0.6) is 0 Å². The summed E-state index contributed by atoms with van der Waals surface area (Å²) in [4.78, 5) is 22.1. The second-order valence-corrected chi connectivity index (χ2v) is 4.43. The van der Waals surface area contributed by atoms with Gasteiger partial charge >= 0.3 is 0 Å². The van der Waals surface area contributed by atoms with Crippen molar-refractivity contribution in [2.45, 2.75) is 19.3 Å². The van der Waals surface area contributed by atoms with Crippen LogP contribution in [0.4, 0.5) is 5.69 Å². The number of nitro benzene ring substituents is 1. The Hall–Kier alpha value is -1.70. The molecule has 1 aromatic rings. The Morgan fingerprint density at radius 3 is 2.50 bits per heavy atom. The molecule has 0 spiro atoms. The summed E-state index contributed by atoms with van der Waals surface area (Å²) in [5.41, 5.74) is -0.180. The van der Waals surface area contributed by atoms with Crippen molar-refractivity contribution in [3.05, 3.63) is 38.9 Å². The van der Waals surface area contributed by atoms with Crippen LogP contribution in [-0.2, 0) is 9.47 Å². The number of hydrogen-bond acceptors (Lipinski definition) is 5. The monoisotopic (exact) mass is 302 g/mol. The summed E-state index contributed by atoms with van der Waals surface area (Å²) in [6, 6.07) is 3.42. The highest BCUT2D eigenvalue weighted by Gasteiger charge is 2.21. The molecule has 0 aliphatic rings. The Bertz CT molecular complexity index is 505. The van der Waals surface area contributed by atoms with Crippen LogP contribution in [0.15, 0.2) is 18.2 Å². The number of methoxy groups -OCH3 is 2. The second-order valence-electron chi connectivity index (χ2n) is 4.03. The summed E-state index contributed by atoms with van der Waals surface area (Å²) in [6.45, 7) is 1.69. The Balaban J connectivity index is 2.88. The van der Waals surface area contributed by atoms with E-state index in [1.807, 2.05) is 0 Å². The third-order valence-corrected chi connectivity index (χ3v) is 2.96. The van der Waals surface area contributed by atoms with Gasteiger partial charge in [-0.25, -0.2) is 0 Å². The third kappa shape index (κ3) is 3.89. The molecule has 1 unspecified atom stereocenters. The highest BCUT2D eigenvalue weighted by atomic mass is 35.5. The van der Waals surface area contributed by atoms with E-state index < -0.39 is 23.2 Å². The van der Waals surface area contributed by atoms with Gasteiger partial charge in [-0.1, -0.05) is 11.6 Å². The number of benzene rings is 1. The van der Waals surface area contributed by atoms with Crippen molar-refractivity contribution in [1.82, 2.24) is 5.32 Å². The number of carbonyl (C=O) groups excluding carboxylic acids is 1. The lowest BCUT2D eigenvalue weighted by Gasteiger charge is -2.22. The molecule has 1 N–H and O–H groups in total. The zero-order chi connectivity index (χ0) is 15.3. The summed E-state index contributed by atoms with van der Waals surface area (Å²) in [5, 5.41) is 13.4. The van der Waals surface area contributed by atoms with Gasteiger partial charge in [-0.15, -0.1) is 0 Å². The van der Waals surface area contributed by atoms with E-state index >= 15 is 0 Å². The molecule has 0 radical (unpaired) electrons. The maximum Gasteiger partial charge on any atom is 0.288 e. The summed E-state index contributed by atoms with van der Waals surface area (Å²) < 4.78 is 10.0. The SMILES string of the molecule is COC(OC)C(C)NC(=O)c1ccc(Cl)c([N+](=O)[O-])c1. The van der Waals surface area contributed by atoms with Gasteiger partial charge in [-0.3, -0.25) is 14.9 Å². The first-order chi connectivity index (χ1) is 9.40. The minimum absolute atomic E-state index is 0.0220. The quantitative estimate of drug-likeness (QED) is 0.493. The van der Waals surface area contributed by atoms with Crippen LogP contribution in [0.2, 0.25) is 5.02 Å². The first-order valence-corrected chi connectivity index (χ1v) is 6.09. The Morgan fingerprint density at radius 2 is 2.00 bits per heavy atom. The van der Waals surface area contributed by atoms with Crippen molar-refractivity contribution in [1.29, 1.82) is 0 Å². The number of amides is 1. The minimum atomic E-state index is -0.643. The van der Waals surface area contributed by atoms with Crippen LogP contribution in [-0.4, -0.2) is 37.4 Å². The molecule has 1 amide bonds. The summed E-state index contributed by atoms with van der Waals surface area (Å²) in [5.74, 6) is -0.476. The summed E-state index contributed by atoms with van der Waals surface area (Å²) >= 11 is 5.68. The molecule has 0 aliphatic heterocycles. The largest absolute Gasteiger partial charge is 0.354 e. The van der Waals surface area contributed by atoms with Gasteiger partial charge in [-0.05, 0) is 19.1 Å². The summed E-state index contributed by atoms with van der Waals surface area (Å²) in [7, 11) is 2.90. The number of ether oxygens (including phenoxy) is 2. The second kappa shape index (κ2) is 7.18. The number of halogens is 1. The van der Waals surface area contributed by atoms with Crippen molar-refractivity contribution >= 4 is 23.2 Å². The fourth-order valence-electron chi connectivity index (χ4n) is 1.66. The number of rotatable bonds is 6. The van der Waals surface area contributed by atoms with Crippen molar-refractivity contribution in [3.63, 3.8) is 0 Å². The van der Waals surface area contributed by atoms with Gasteiger partial charge in [-0.2, -0.15) is 0 Å². The molecule has 0 heterocycles. The Labute approximate surface area is 121 Å². The molecular weight excluding hydrogens is 288 g/mol. The van der Waals surface area contributed by atoms with Crippen molar-refractivity contribution in [2.75, 3.05) is 14.2 Å². The van der Waals surface area contributed by atoms with Crippen LogP contribution < -0.4 is 5.32 Å². The minimum Gasteiger partial charge on any atom is -0.354 e. The van der Waals surface area contributed by atoms with E-state index in [2.05, 4.69) is 5.32 Å². The maximum atomic E-state index is 12.0. The predicted molar refractivity (Wildman–Crippen MR) is 72.8 cm³/mol. The smallest absolute Gasteiger partial charge is 0.288 e. The van der Waals surface area contributed by atoms with E-state index in [1.165, 1.54) is 26.4 Å². The number of nitrogens with one attached hydrogen (secondary N) is 1. The van der Waals surface area contributed by atoms with Gasteiger partial charge in [0.1, 0.15) is 5.02 Å². The molecule has 0 bridgehead atoms. The average Bonchev–Trinajstić information content (AvgIpc) is 2.40. The fraction of sp³-hybridized carbons (Fsp3) is 0.417. The van der Waals surface area contributed by atoms with Crippen molar-refractivity contribution in [3.8, 4) is 0 Å². The van der Waals surface area contributed by atoms with Gasteiger partial charge in [0.2, 0.25) is 0 Å². The molecule has 7 nitrogen and oxygen atoms in total. The van der Waals surface area contributed by atoms with Crippen LogP contribution in [0.1, 0.15) is 17.3 Å². The summed E-state index contributed by atoms with van der Waals surface area (Å²) in [6.07, 6.45) is -0.610. The average molecular weight is 303 g/mol. The van der Waals surface area contributed by atoms with E-state index in [0.717, 1.165) is 6.07 Å². The first kappa shape index (κ1) is 16.4. The van der Waals surface area contributed by atoms with Gasteiger partial charge in [0.15, 0.2) is 6.29 Å². The number of carbonyl (C=O) groups is 1. The van der Waals surface area contributed by atoms with Gasteiger partial charge < -0.3 is 14.8 Å². The standard InChI is InChI=1S/C12H15ClN2O5/c1-7(12(19-2)20-3)14-11(16)8-4-5-9(13)10(6-8)15(17)18/h4-7,12H,1-3H3,(H,14,16). The predicted octanol–water partition coefficient (Wildman–Crippen LogP) is 1.99. The van der Waals surface area contributed by atoms with E-state index in [-0.39, 0.29) is 16.3 Å². The van der Waals surface area contributed by atoms with Crippen LogP contribution in [0.25, 0.3) is 0 Å². The van der Waals surface area contributed by atoms with Crippen molar-refractivity contribution < 1.29 is 19.2 Å². The highest BCUT2D eigenvalue weighted by molar-refractivity contribution is 6.32. The topological polar surface area (TPSA) is 90.7 Å².